The summed E-state index contributed by atoms with van der Waals surface area (Å²) in [6, 6.07) is 20.4. The first-order valence-corrected chi connectivity index (χ1v) is 10.1. The molecule has 4 nitrogen and oxygen atoms in total. The Morgan fingerprint density at radius 3 is 2.41 bits per heavy atom. The number of amides is 1. The third-order valence-corrected chi connectivity index (χ3v) is 5.32. The molecule has 3 aromatic rings. The number of aryl methyl sites for hydroxylation is 2. The smallest absolute Gasteiger partial charge is 0.254 e. The second-order valence-electron chi connectivity index (χ2n) is 7.44. The fraction of sp³-hybridized carbons (Fsp3) is 0.320. The van der Waals surface area contributed by atoms with Crippen molar-refractivity contribution in [1.29, 1.82) is 0 Å². The van der Waals surface area contributed by atoms with Crippen LogP contribution in [0.5, 0.6) is 0 Å². The predicted octanol–water partition coefficient (Wildman–Crippen LogP) is 4.83. The number of carbonyl (C=O) groups excluding carboxylic acids is 1. The summed E-state index contributed by atoms with van der Waals surface area (Å²) in [5, 5.41) is 0. The van der Waals surface area contributed by atoms with E-state index >= 15 is 0 Å². The number of nitrogens with zero attached hydrogens (tertiary/aromatic N) is 2. The van der Waals surface area contributed by atoms with E-state index in [9.17, 15) is 4.79 Å². The molecule has 3 rings (SSSR count). The maximum absolute atomic E-state index is 13.3. The molecule has 0 aliphatic rings. The lowest BCUT2D eigenvalue weighted by Gasteiger charge is -2.24. The molecule has 0 unspecified atom stereocenters. The number of methoxy groups -OCH3 is 1. The lowest BCUT2D eigenvalue weighted by molar-refractivity contribution is 0.0719. The molecule has 0 N–H and O–H groups in total. The van der Waals surface area contributed by atoms with Crippen molar-refractivity contribution in [3.05, 3.63) is 94.8 Å². The van der Waals surface area contributed by atoms with Crippen molar-refractivity contribution >= 4 is 5.91 Å². The summed E-state index contributed by atoms with van der Waals surface area (Å²) in [5.41, 5.74) is 5.47. The van der Waals surface area contributed by atoms with Crippen LogP contribution in [0.2, 0.25) is 0 Å². The normalized spacial score (nSPS) is 10.9. The fourth-order valence-electron chi connectivity index (χ4n) is 3.55. The first kappa shape index (κ1) is 20.9. The molecule has 0 saturated heterocycles. The molecule has 0 spiro atoms. The molecule has 152 valence electrons. The molecule has 4 heteroatoms. The Hall–Kier alpha value is -2.85. The van der Waals surface area contributed by atoms with E-state index in [0.29, 0.717) is 19.7 Å². The second-order valence-corrected chi connectivity index (χ2v) is 7.44. The highest BCUT2D eigenvalue weighted by molar-refractivity contribution is 5.95. The molecule has 0 aliphatic heterocycles. The Bertz CT molecular complexity index is 945. The molecule has 2 aromatic carbocycles. The average molecular weight is 391 g/mol. The number of hydrogen-bond donors (Lipinski definition) is 0. The minimum absolute atomic E-state index is 0.0721. The number of carbonyl (C=O) groups is 1. The molecule has 1 heterocycles. The van der Waals surface area contributed by atoms with Crippen molar-refractivity contribution in [1.82, 2.24) is 9.47 Å². The monoisotopic (exact) mass is 390 g/mol. The van der Waals surface area contributed by atoms with Crippen LogP contribution in [0.1, 0.15) is 39.2 Å². The maximum atomic E-state index is 13.3. The summed E-state index contributed by atoms with van der Waals surface area (Å²) in [6.45, 7) is 6.81. The Morgan fingerprint density at radius 2 is 1.69 bits per heavy atom. The summed E-state index contributed by atoms with van der Waals surface area (Å²) in [6.07, 6.45) is 2.90. The van der Waals surface area contributed by atoms with Gasteiger partial charge in [-0.05, 0) is 55.2 Å². The molecule has 29 heavy (non-hydrogen) atoms. The summed E-state index contributed by atoms with van der Waals surface area (Å²) >= 11 is 0. The molecule has 0 fully saturated rings. The van der Waals surface area contributed by atoms with Gasteiger partial charge in [-0.25, -0.2) is 0 Å². The lowest BCUT2D eigenvalue weighted by atomic mass is 10.1. The Kier molecular flexibility index (Phi) is 7.25. The number of aromatic nitrogens is 1. The van der Waals surface area contributed by atoms with E-state index in [-0.39, 0.29) is 5.91 Å². The highest BCUT2D eigenvalue weighted by atomic mass is 16.5. The van der Waals surface area contributed by atoms with Gasteiger partial charge in [-0.2, -0.15) is 0 Å². The van der Waals surface area contributed by atoms with Gasteiger partial charge in [0.25, 0.3) is 5.91 Å². The van der Waals surface area contributed by atoms with Crippen LogP contribution in [0.4, 0.5) is 0 Å². The molecule has 0 saturated carbocycles. The van der Waals surface area contributed by atoms with Gasteiger partial charge in [0, 0.05) is 44.3 Å². The number of benzene rings is 2. The zero-order valence-electron chi connectivity index (χ0n) is 17.6. The molecule has 1 aromatic heterocycles. The zero-order valence-corrected chi connectivity index (χ0v) is 17.6. The van der Waals surface area contributed by atoms with Crippen LogP contribution in [0, 0.1) is 13.8 Å². The lowest BCUT2D eigenvalue weighted by Crippen LogP contribution is -2.33. The van der Waals surface area contributed by atoms with Gasteiger partial charge in [0.1, 0.15) is 0 Å². The quantitative estimate of drug-likeness (QED) is 0.490. The Morgan fingerprint density at radius 1 is 0.966 bits per heavy atom. The highest BCUT2D eigenvalue weighted by Gasteiger charge is 2.19. The molecule has 0 bridgehead atoms. The van der Waals surface area contributed by atoms with Gasteiger partial charge < -0.3 is 14.2 Å². The van der Waals surface area contributed by atoms with Gasteiger partial charge in [0.05, 0.1) is 6.54 Å². The van der Waals surface area contributed by atoms with Crippen molar-refractivity contribution in [2.24, 2.45) is 0 Å². The van der Waals surface area contributed by atoms with E-state index in [1.54, 1.807) is 7.11 Å². The largest absolute Gasteiger partial charge is 0.385 e. The van der Waals surface area contributed by atoms with Gasteiger partial charge in [0.15, 0.2) is 0 Å². The van der Waals surface area contributed by atoms with Crippen molar-refractivity contribution in [3.63, 3.8) is 0 Å². The number of ether oxygens (including phenoxy) is 1. The van der Waals surface area contributed by atoms with Gasteiger partial charge in [-0.15, -0.1) is 0 Å². The van der Waals surface area contributed by atoms with E-state index in [4.69, 9.17) is 4.74 Å². The highest BCUT2D eigenvalue weighted by Crippen LogP contribution is 2.17. The van der Waals surface area contributed by atoms with Crippen molar-refractivity contribution < 1.29 is 9.53 Å². The van der Waals surface area contributed by atoms with Gasteiger partial charge in [0.2, 0.25) is 0 Å². The Labute approximate surface area is 173 Å². The fourth-order valence-corrected chi connectivity index (χ4v) is 3.55. The Balaban J connectivity index is 1.81. The van der Waals surface area contributed by atoms with Crippen LogP contribution in [0.3, 0.4) is 0 Å². The van der Waals surface area contributed by atoms with E-state index < -0.39 is 0 Å². The van der Waals surface area contributed by atoms with Crippen LogP contribution in [0.25, 0.3) is 0 Å². The SMILES string of the molecule is COCCCN(Cc1cccn1Cc1ccccc1C)C(=O)c1ccccc1C. The van der Waals surface area contributed by atoms with E-state index in [1.807, 2.05) is 36.1 Å². The average Bonchev–Trinajstić information content (AvgIpc) is 3.15. The van der Waals surface area contributed by atoms with Gasteiger partial charge in [-0.3, -0.25) is 4.79 Å². The van der Waals surface area contributed by atoms with E-state index in [2.05, 4.69) is 54.1 Å². The number of hydrogen-bond acceptors (Lipinski definition) is 2. The third kappa shape index (κ3) is 5.36. The van der Waals surface area contributed by atoms with Gasteiger partial charge >= 0.3 is 0 Å². The summed E-state index contributed by atoms with van der Waals surface area (Å²) < 4.78 is 7.44. The van der Waals surface area contributed by atoms with E-state index in [0.717, 1.165) is 29.8 Å². The number of rotatable bonds is 9. The molecule has 0 aliphatic carbocycles. The second kappa shape index (κ2) is 10.1. The van der Waals surface area contributed by atoms with Crippen molar-refractivity contribution in [2.75, 3.05) is 20.3 Å². The standard InChI is InChI=1S/C25H30N2O2/c1-20-10-4-6-12-22(20)18-26-15-8-13-23(26)19-27(16-9-17-29-3)25(28)24-14-7-5-11-21(24)2/h4-8,10-15H,9,16-19H2,1-3H3. The van der Waals surface area contributed by atoms with Crippen LogP contribution >= 0.6 is 0 Å². The minimum atomic E-state index is 0.0721. The van der Waals surface area contributed by atoms with Crippen LogP contribution in [-0.2, 0) is 17.8 Å². The van der Waals surface area contributed by atoms with Crippen molar-refractivity contribution in [3.8, 4) is 0 Å². The molecule has 0 atom stereocenters. The molecular formula is C25H30N2O2. The molecular weight excluding hydrogens is 360 g/mol. The third-order valence-electron chi connectivity index (χ3n) is 5.32. The first-order valence-electron chi connectivity index (χ1n) is 10.1. The van der Waals surface area contributed by atoms with Crippen LogP contribution in [0.15, 0.2) is 66.9 Å². The topological polar surface area (TPSA) is 34.5 Å². The first-order chi connectivity index (χ1) is 14.1. The summed E-state index contributed by atoms with van der Waals surface area (Å²) in [7, 11) is 1.70. The van der Waals surface area contributed by atoms with E-state index in [1.165, 1.54) is 11.1 Å². The minimum Gasteiger partial charge on any atom is -0.385 e. The maximum Gasteiger partial charge on any atom is 0.254 e. The molecule has 0 radical (unpaired) electrons. The summed E-state index contributed by atoms with van der Waals surface area (Å²) in [4.78, 5) is 15.2. The summed E-state index contributed by atoms with van der Waals surface area (Å²) in [5.74, 6) is 0.0721. The van der Waals surface area contributed by atoms with Crippen LogP contribution in [-0.4, -0.2) is 35.6 Å². The predicted molar refractivity (Wildman–Crippen MR) is 117 cm³/mol. The zero-order chi connectivity index (χ0) is 20.6. The van der Waals surface area contributed by atoms with Gasteiger partial charge in [-0.1, -0.05) is 42.5 Å². The molecule has 1 amide bonds. The van der Waals surface area contributed by atoms with Crippen molar-refractivity contribution in [2.45, 2.75) is 33.4 Å². The van der Waals surface area contributed by atoms with Crippen LogP contribution < -0.4 is 0 Å².